The molecule has 3 aromatic rings. The molecule has 0 aliphatic carbocycles. The number of hydrogen-bond acceptors (Lipinski definition) is 3. The zero-order chi connectivity index (χ0) is 19.2. The van der Waals surface area contributed by atoms with E-state index in [9.17, 15) is 0 Å². The van der Waals surface area contributed by atoms with Gasteiger partial charge in [0.05, 0.1) is 13.1 Å². The molecule has 0 bridgehead atoms. The third-order valence-corrected chi connectivity index (χ3v) is 4.85. The molecule has 0 saturated heterocycles. The standard InChI is InChI=1S/C22H25N5O.HI/c1-23-22(25-14-19-13-18-9-5-6-10-20(18)28-19)26-15-21-24-11-12-27(21)16-17-7-3-2-4-8-17;/h2-12,19H,13-16H2,1H3,(H2,23,25,26);1H. The van der Waals surface area contributed by atoms with Crippen LogP contribution in [0.3, 0.4) is 0 Å². The molecule has 1 aliphatic rings. The van der Waals surface area contributed by atoms with Crippen LogP contribution < -0.4 is 15.4 Å². The summed E-state index contributed by atoms with van der Waals surface area (Å²) in [5, 5.41) is 6.70. The van der Waals surface area contributed by atoms with Gasteiger partial charge in [0.25, 0.3) is 0 Å². The number of nitrogens with one attached hydrogen (secondary N) is 2. The van der Waals surface area contributed by atoms with E-state index in [-0.39, 0.29) is 30.1 Å². The van der Waals surface area contributed by atoms with Crippen LogP contribution in [0.5, 0.6) is 5.75 Å². The van der Waals surface area contributed by atoms with Gasteiger partial charge in [-0.1, -0.05) is 48.5 Å². The van der Waals surface area contributed by atoms with Gasteiger partial charge in [-0.25, -0.2) is 4.98 Å². The van der Waals surface area contributed by atoms with Gasteiger partial charge in [-0.3, -0.25) is 4.99 Å². The lowest BCUT2D eigenvalue weighted by atomic mass is 10.1. The van der Waals surface area contributed by atoms with Crippen LogP contribution in [-0.2, 0) is 19.5 Å². The van der Waals surface area contributed by atoms with E-state index in [1.165, 1.54) is 11.1 Å². The molecule has 1 aromatic heterocycles. The van der Waals surface area contributed by atoms with Gasteiger partial charge < -0.3 is 19.9 Å². The Morgan fingerprint density at radius 1 is 1.14 bits per heavy atom. The Balaban J connectivity index is 0.00000240. The van der Waals surface area contributed by atoms with E-state index in [1.54, 1.807) is 7.05 Å². The Kier molecular flexibility index (Phi) is 7.51. The van der Waals surface area contributed by atoms with Crippen molar-refractivity contribution in [3.63, 3.8) is 0 Å². The van der Waals surface area contributed by atoms with Gasteiger partial charge in [-0.15, -0.1) is 24.0 Å². The number of aliphatic imine (C=N–C) groups is 1. The molecular weight excluding hydrogens is 477 g/mol. The predicted molar refractivity (Wildman–Crippen MR) is 126 cm³/mol. The molecule has 7 heteroatoms. The lowest BCUT2D eigenvalue weighted by molar-refractivity contribution is 0.235. The summed E-state index contributed by atoms with van der Waals surface area (Å²) in [5.74, 6) is 2.70. The molecule has 0 saturated carbocycles. The van der Waals surface area contributed by atoms with Crippen LogP contribution >= 0.6 is 24.0 Å². The Morgan fingerprint density at radius 2 is 1.93 bits per heavy atom. The van der Waals surface area contributed by atoms with Crippen molar-refractivity contribution >= 4 is 29.9 Å². The van der Waals surface area contributed by atoms with E-state index in [2.05, 4.69) is 61.6 Å². The third kappa shape index (κ3) is 5.50. The molecule has 0 fully saturated rings. The molecule has 6 nitrogen and oxygen atoms in total. The highest BCUT2D eigenvalue weighted by Gasteiger charge is 2.22. The van der Waals surface area contributed by atoms with Gasteiger partial charge in [0.1, 0.15) is 17.7 Å². The predicted octanol–water partition coefficient (Wildman–Crippen LogP) is 3.22. The van der Waals surface area contributed by atoms with Crippen molar-refractivity contribution < 1.29 is 4.74 Å². The van der Waals surface area contributed by atoms with Crippen molar-refractivity contribution in [2.75, 3.05) is 13.6 Å². The Bertz CT molecular complexity index is 916. The topological polar surface area (TPSA) is 63.5 Å². The first-order chi connectivity index (χ1) is 13.8. The van der Waals surface area contributed by atoms with Crippen LogP contribution in [0.25, 0.3) is 0 Å². The molecule has 152 valence electrons. The molecule has 0 radical (unpaired) electrons. The van der Waals surface area contributed by atoms with Crippen LogP contribution in [0, 0.1) is 0 Å². The molecule has 29 heavy (non-hydrogen) atoms. The molecule has 2 aromatic carbocycles. The van der Waals surface area contributed by atoms with Crippen molar-refractivity contribution in [3.05, 3.63) is 83.9 Å². The highest BCUT2D eigenvalue weighted by molar-refractivity contribution is 14.0. The largest absolute Gasteiger partial charge is 0.488 e. The average molecular weight is 503 g/mol. The molecule has 2 heterocycles. The maximum Gasteiger partial charge on any atom is 0.191 e. The van der Waals surface area contributed by atoms with E-state index >= 15 is 0 Å². The van der Waals surface area contributed by atoms with Gasteiger partial charge in [0, 0.05) is 32.4 Å². The molecule has 1 aliphatic heterocycles. The number of benzene rings is 2. The number of aromatic nitrogens is 2. The van der Waals surface area contributed by atoms with Crippen molar-refractivity contribution in [2.24, 2.45) is 4.99 Å². The van der Waals surface area contributed by atoms with Crippen molar-refractivity contribution in [3.8, 4) is 5.75 Å². The lowest BCUT2D eigenvalue weighted by Crippen LogP contribution is -2.42. The molecule has 0 amide bonds. The minimum atomic E-state index is 0. The summed E-state index contributed by atoms with van der Waals surface area (Å²) in [6, 6.07) is 18.6. The van der Waals surface area contributed by atoms with Gasteiger partial charge in [0.2, 0.25) is 0 Å². The van der Waals surface area contributed by atoms with Crippen molar-refractivity contribution in [2.45, 2.75) is 25.6 Å². The fourth-order valence-corrected chi connectivity index (χ4v) is 3.39. The number of para-hydroxylation sites is 1. The summed E-state index contributed by atoms with van der Waals surface area (Å²) < 4.78 is 8.12. The van der Waals surface area contributed by atoms with E-state index < -0.39 is 0 Å². The maximum absolute atomic E-state index is 5.98. The molecule has 0 spiro atoms. The summed E-state index contributed by atoms with van der Waals surface area (Å²) in [7, 11) is 1.77. The van der Waals surface area contributed by atoms with Gasteiger partial charge in [-0.05, 0) is 17.2 Å². The first kappa shape index (κ1) is 21.2. The number of hydrogen-bond donors (Lipinski definition) is 2. The zero-order valence-electron chi connectivity index (χ0n) is 16.4. The fourth-order valence-electron chi connectivity index (χ4n) is 3.39. The van der Waals surface area contributed by atoms with Crippen molar-refractivity contribution in [1.29, 1.82) is 0 Å². The summed E-state index contributed by atoms with van der Waals surface area (Å²) in [5.41, 5.74) is 2.52. The first-order valence-electron chi connectivity index (χ1n) is 9.55. The second-order valence-corrected chi connectivity index (χ2v) is 6.82. The van der Waals surface area contributed by atoms with Crippen LogP contribution in [0.2, 0.25) is 0 Å². The fraction of sp³-hybridized carbons (Fsp3) is 0.273. The third-order valence-electron chi connectivity index (χ3n) is 4.85. The Labute approximate surface area is 188 Å². The average Bonchev–Trinajstić information content (AvgIpc) is 3.35. The second kappa shape index (κ2) is 10.3. The Hall–Kier alpha value is -2.55. The summed E-state index contributed by atoms with van der Waals surface area (Å²) >= 11 is 0. The van der Waals surface area contributed by atoms with E-state index in [0.29, 0.717) is 13.1 Å². The SMILES string of the molecule is CN=C(NCc1nccn1Cc1ccccc1)NCC1Cc2ccccc2O1.I. The summed E-state index contributed by atoms with van der Waals surface area (Å²) in [6.07, 6.45) is 4.88. The number of imidazole rings is 1. The lowest BCUT2D eigenvalue weighted by Gasteiger charge is -2.16. The number of fused-ring (bicyclic) bond motifs is 1. The number of rotatable bonds is 6. The monoisotopic (exact) mass is 503 g/mol. The van der Waals surface area contributed by atoms with Crippen molar-refractivity contribution in [1.82, 2.24) is 20.2 Å². The van der Waals surface area contributed by atoms with Gasteiger partial charge in [0.15, 0.2) is 5.96 Å². The highest BCUT2D eigenvalue weighted by atomic mass is 127. The van der Waals surface area contributed by atoms with E-state index in [0.717, 1.165) is 30.5 Å². The smallest absolute Gasteiger partial charge is 0.191 e. The zero-order valence-corrected chi connectivity index (χ0v) is 18.7. The molecule has 1 atom stereocenters. The second-order valence-electron chi connectivity index (χ2n) is 6.82. The molecular formula is C22H26IN5O. The molecule has 1 unspecified atom stereocenters. The van der Waals surface area contributed by atoms with Crippen LogP contribution in [-0.4, -0.2) is 35.2 Å². The van der Waals surface area contributed by atoms with Crippen LogP contribution in [0.1, 0.15) is 17.0 Å². The number of halogens is 1. The van der Waals surface area contributed by atoms with E-state index in [4.69, 9.17) is 4.74 Å². The van der Waals surface area contributed by atoms with E-state index in [1.807, 2.05) is 30.6 Å². The Morgan fingerprint density at radius 3 is 2.72 bits per heavy atom. The first-order valence-corrected chi connectivity index (χ1v) is 9.55. The maximum atomic E-state index is 5.98. The number of guanidine groups is 1. The normalized spacial score (nSPS) is 15.2. The quantitative estimate of drug-likeness (QED) is 0.308. The highest BCUT2D eigenvalue weighted by Crippen LogP contribution is 2.27. The summed E-state index contributed by atoms with van der Waals surface area (Å²) in [4.78, 5) is 8.79. The number of ether oxygens (including phenoxy) is 1. The van der Waals surface area contributed by atoms with Gasteiger partial charge in [-0.2, -0.15) is 0 Å². The molecule has 2 N–H and O–H groups in total. The minimum Gasteiger partial charge on any atom is -0.488 e. The number of nitrogens with zero attached hydrogens (tertiary/aromatic N) is 3. The van der Waals surface area contributed by atoms with Crippen LogP contribution in [0.15, 0.2) is 72.0 Å². The minimum absolute atomic E-state index is 0. The summed E-state index contributed by atoms with van der Waals surface area (Å²) in [6.45, 7) is 2.11. The molecule has 4 rings (SSSR count). The van der Waals surface area contributed by atoms with Crippen LogP contribution in [0.4, 0.5) is 0 Å². The van der Waals surface area contributed by atoms with Gasteiger partial charge >= 0.3 is 0 Å².